The van der Waals surface area contributed by atoms with Crippen LogP contribution in [0, 0.1) is 5.82 Å². The molecule has 0 bridgehead atoms. The van der Waals surface area contributed by atoms with Crippen molar-refractivity contribution in [3.05, 3.63) is 59.4 Å². The molecule has 0 aliphatic heterocycles. The summed E-state index contributed by atoms with van der Waals surface area (Å²) in [6, 6.07) is 11.0. The average Bonchev–Trinajstić information content (AvgIpc) is 2.50. The highest BCUT2D eigenvalue weighted by Crippen LogP contribution is 2.14. The Hall–Kier alpha value is -1.96. The van der Waals surface area contributed by atoms with Gasteiger partial charge < -0.3 is 5.32 Å². The predicted molar refractivity (Wildman–Crippen MR) is 86.3 cm³/mol. The number of nitrogens with one attached hydrogen (secondary N) is 2. The van der Waals surface area contributed by atoms with Crippen molar-refractivity contribution < 1.29 is 17.6 Å². The van der Waals surface area contributed by atoms with E-state index in [1.165, 1.54) is 48.5 Å². The topological polar surface area (TPSA) is 75.3 Å². The normalized spacial score (nSPS) is 11.2. The van der Waals surface area contributed by atoms with E-state index in [0.717, 1.165) is 0 Å². The molecule has 2 rings (SSSR count). The average molecular weight is 357 g/mol. The van der Waals surface area contributed by atoms with Gasteiger partial charge in [-0.1, -0.05) is 11.6 Å². The van der Waals surface area contributed by atoms with E-state index in [1.807, 2.05) is 0 Å². The van der Waals surface area contributed by atoms with E-state index in [2.05, 4.69) is 10.0 Å². The first kappa shape index (κ1) is 17.4. The second-order valence-corrected chi connectivity index (χ2v) is 6.86. The molecule has 2 aromatic carbocycles. The lowest BCUT2D eigenvalue weighted by molar-refractivity contribution is -0.116. The van der Waals surface area contributed by atoms with Crippen LogP contribution >= 0.6 is 11.6 Å². The fourth-order valence-corrected chi connectivity index (χ4v) is 2.91. The first-order valence-electron chi connectivity index (χ1n) is 6.67. The van der Waals surface area contributed by atoms with Crippen LogP contribution in [0.1, 0.15) is 6.42 Å². The van der Waals surface area contributed by atoms with Crippen molar-refractivity contribution in [2.24, 2.45) is 0 Å². The maximum Gasteiger partial charge on any atom is 0.240 e. The third-order valence-corrected chi connectivity index (χ3v) is 4.62. The summed E-state index contributed by atoms with van der Waals surface area (Å²) < 4.78 is 39.1. The number of hydrogen-bond acceptors (Lipinski definition) is 3. The summed E-state index contributed by atoms with van der Waals surface area (Å²) >= 11 is 5.70. The third kappa shape index (κ3) is 5.31. The zero-order valence-electron chi connectivity index (χ0n) is 11.9. The molecule has 1 amide bonds. The van der Waals surface area contributed by atoms with Crippen LogP contribution in [0.2, 0.25) is 5.02 Å². The summed E-state index contributed by atoms with van der Waals surface area (Å²) in [5, 5.41) is 2.98. The molecule has 0 saturated heterocycles. The number of amides is 1. The third-order valence-electron chi connectivity index (χ3n) is 2.90. The van der Waals surface area contributed by atoms with Gasteiger partial charge in [0.2, 0.25) is 15.9 Å². The molecular weight excluding hydrogens is 343 g/mol. The van der Waals surface area contributed by atoms with Gasteiger partial charge in [0, 0.05) is 23.7 Å². The van der Waals surface area contributed by atoms with Crippen molar-refractivity contribution in [2.45, 2.75) is 11.3 Å². The number of sulfonamides is 1. The van der Waals surface area contributed by atoms with E-state index in [0.29, 0.717) is 10.7 Å². The van der Waals surface area contributed by atoms with Crippen LogP contribution in [0.25, 0.3) is 0 Å². The fourth-order valence-electron chi connectivity index (χ4n) is 1.75. The summed E-state index contributed by atoms with van der Waals surface area (Å²) in [5.41, 5.74) is 0.442. The molecule has 0 atom stereocenters. The number of carbonyl (C=O) groups is 1. The van der Waals surface area contributed by atoms with Gasteiger partial charge in [0.25, 0.3) is 0 Å². The van der Waals surface area contributed by atoms with Gasteiger partial charge in [0.1, 0.15) is 5.82 Å². The van der Waals surface area contributed by atoms with Crippen molar-refractivity contribution in [1.29, 1.82) is 0 Å². The maximum atomic E-state index is 12.7. The molecule has 0 radical (unpaired) electrons. The zero-order chi connectivity index (χ0) is 16.9. The number of hydrogen-bond donors (Lipinski definition) is 2. The molecule has 0 aliphatic carbocycles. The van der Waals surface area contributed by atoms with Crippen molar-refractivity contribution in [3.63, 3.8) is 0 Å². The number of benzene rings is 2. The summed E-state index contributed by atoms with van der Waals surface area (Å²) in [7, 11) is -3.69. The Kier molecular flexibility index (Phi) is 5.70. The first-order chi connectivity index (χ1) is 10.9. The lowest BCUT2D eigenvalue weighted by atomic mass is 10.3. The van der Waals surface area contributed by atoms with E-state index in [9.17, 15) is 17.6 Å². The van der Waals surface area contributed by atoms with Crippen molar-refractivity contribution in [1.82, 2.24) is 4.72 Å². The minimum Gasteiger partial charge on any atom is -0.326 e. The highest BCUT2D eigenvalue weighted by Gasteiger charge is 2.14. The lowest BCUT2D eigenvalue weighted by Crippen LogP contribution is -2.27. The molecular formula is C15H14ClFN2O3S. The highest BCUT2D eigenvalue weighted by atomic mass is 35.5. The predicted octanol–water partition coefficient (Wildman–Crippen LogP) is 2.79. The molecule has 122 valence electrons. The molecule has 2 N–H and O–H groups in total. The largest absolute Gasteiger partial charge is 0.326 e. The number of anilines is 1. The maximum absolute atomic E-state index is 12.7. The van der Waals surface area contributed by atoms with Crippen LogP contribution in [0.4, 0.5) is 10.1 Å². The van der Waals surface area contributed by atoms with Gasteiger partial charge in [-0.25, -0.2) is 17.5 Å². The Balaban J connectivity index is 1.85. The van der Waals surface area contributed by atoms with E-state index in [4.69, 9.17) is 11.6 Å². The molecule has 0 saturated carbocycles. The van der Waals surface area contributed by atoms with Crippen LogP contribution < -0.4 is 10.0 Å². The quantitative estimate of drug-likeness (QED) is 0.835. The summed E-state index contributed by atoms with van der Waals surface area (Å²) in [6.45, 7) is -0.0576. The van der Waals surface area contributed by atoms with Crippen LogP contribution in [0.5, 0.6) is 0 Å². The van der Waals surface area contributed by atoms with Gasteiger partial charge in [-0.3, -0.25) is 4.79 Å². The van der Waals surface area contributed by atoms with Crippen LogP contribution in [0.3, 0.4) is 0 Å². The molecule has 0 aromatic heterocycles. The fraction of sp³-hybridized carbons (Fsp3) is 0.133. The van der Waals surface area contributed by atoms with Gasteiger partial charge >= 0.3 is 0 Å². The minimum atomic E-state index is -3.69. The molecule has 5 nitrogen and oxygen atoms in total. The number of rotatable bonds is 6. The van der Waals surface area contributed by atoms with Crippen LogP contribution in [0.15, 0.2) is 53.4 Å². The molecule has 23 heavy (non-hydrogen) atoms. The second kappa shape index (κ2) is 7.54. The summed E-state index contributed by atoms with van der Waals surface area (Å²) in [6.07, 6.45) is -0.0514. The van der Waals surface area contributed by atoms with Crippen molar-refractivity contribution in [3.8, 4) is 0 Å². The number of halogens is 2. The Labute approximate surface area is 138 Å². The van der Waals surface area contributed by atoms with Gasteiger partial charge in [0.15, 0.2) is 0 Å². The van der Waals surface area contributed by atoms with Crippen LogP contribution in [-0.4, -0.2) is 20.9 Å². The van der Waals surface area contributed by atoms with Gasteiger partial charge in [-0.2, -0.15) is 0 Å². The molecule has 0 heterocycles. The van der Waals surface area contributed by atoms with Crippen LogP contribution in [-0.2, 0) is 14.8 Å². The summed E-state index contributed by atoms with van der Waals surface area (Å²) in [4.78, 5) is 11.8. The van der Waals surface area contributed by atoms with E-state index >= 15 is 0 Å². The second-order valence-electron chi connectivity index (χ2n) is 4.66. The van der Waals surface area contributed by atoms with Gasteiger partial charge in [-0.05, 0) is 48.5 Å². The van der Waals surface area contributed by atoms with Crippen molar-refractivity contribution in [2.75, 3.05) is 11.9 Å². The first-order valence-corrected chi connectivity index (χ1v) is 8.53. The molecule has 0 aliphatic rings. The Morgan fingerprint density at radius 2 is 1.65 bits per heavy atom. The summed E-state index contributed by atoms with van der Waals surface area (Å²) in [5.74, 6) is -0.783. The van der Waals surface area contributed by atoms with E-state index < -0.39 is 15.8 Å². The molecule has 0 spiro atoms. The monoisotopic (exact) mass is 356 g/mol. The standard InChI is InChI=1S/C15H14ClFN2O3S/c16-11-1-7-14(8-2-11)23(21,22)18-10-9-15(20)19-13-5-3-12(17)4-6-13/h1-8,18H,9-10H2,(H,19,20). The molecule has 0 fully saturated rings. The van der Waals surface area contributed by atoms with Crippen molar-refractivity contribution >= 4 is 33.2 Å². The minimum absolute atomic E-state index is 0.0514. The Morgan fingerprint density at radius 1 is 1.04 bits per heavy atom. The Morgan fingerprint density at radius 3 is 2.26 bits per heavy atom. The van der Waals surface area contributed by atoms with Gasteiger partial charge in [0.05, 0.1) is 4.90 Å². The molecule has 8 heteroatoms. The smallest absolute Gasteiger partial charge is 0.240 e. The lowest BCUT2D eigenvalue weighted by Gasteiger charge is -2.08. The SMILES string of the molecule is O=C(CCNS(=O)(=O)c1ccc(Cl)cc1)Nc1ccc(F)cc1. The van der Waals surface area contributed by atoms with E-state index in [-0.39, 0.29) is 23.8 Å². The molecule has 0 unspecified atom stereocenters. The highest BCUT2D eigenvalue weighted by molar-refractivity contribution is 7.89. The zero-order valence-corrected chi connectivity index (χ0v) is 13.5. The van der Waals surface area contributed by atoms with E-state index in [1.54, 1.807) is 0 Å². The number of carbonyl (C=O) groups excluding carboxylic acids is 1. The molecule has 2 aromatic rings. The van der Waals surface area contributed by atoms with Gasteiger partial charge in [-0.15, -0.1) is 0 Å². The Bertz CT molecular complexity index is 777.